The second kappa shape index (κ2) is 11.2. The number of anilines is 1. The van der Waals surface area contributed by atoms with Crippen molar-refractivity contribution in [3.8, 4) is 11.8 Å². The van der Waals surface area contributed by atoms with Crippen molar-refractivity contribution in [2.45, 2.75) is 20.5 Å². The highest BCUT2D eigenvalue weighted by Crippen LogP contribution is 2.31. The summed E-state index contributed by atoms with van der Waals surface area (Å²) < 4.78 is 7.79. The Morgan fingerprint density at radius 2 is 1.78 bits per heavy atom. The molecule has 0 fully saturated rings. The van der Waals surface area contributed by atoms with E-state index in [1.807, 2.05) is 74.5 Å². The lowest BCUT2D eigenvalue weighted by molar-refractivity contribution is -0.112. The van der Waals surface area contributed by atoms with Crippen LogP contribution in [0.1, 0.15) is 22.3 Å². The van der Waals surface area contributed by atoms with Gasteiger partial charge in [0.2, 0.25) is 0 Å². The quantitative estimate of drug-likeness (QED) is 0.171. The van der Waals surface area contributed by atoms with Crippen molar-refractivity contribution >= 4 is 74.5 Å². The predicted molar refractivity (Wildman–Crippen MR) is 146 cm³/mol. The summed E-state index contributed by atoms with van der Waals surface area (Å²) in [5.74, 6) is 0.325. The van der Waals surface area contributed by atoms with Gasteiger partial charge in [-0.2, -0.15) is 5.26 Å². The molecule has 0 aliphatic rings. The van der Waals surface area contributed by atoms with E-state index in [0.29, 0.717) is 17.3 Å². The molecule has 162 valence electrons. The number of aryl methyl sites for hydroxylation is 1. The first-order valence-corrected chi connectivity index (χ1v) is 12.2. The SMILES string of the molecule is Cc1cccc(NC(=O)/C(C#N)=C/c2cc(I)c(OCc3ccc(Cl)cc3)c(I)c2)c1C. The Kier molecular flexibility index (Phi) is 8.57. The molecule has 0 heterocycles. The number of rotatable bonds is 6. The number of nitriles is 1. The molecule has 0 bridgehead atoms. The van der Waals surface area contributed by atoms with Crippen LogP contribution in [0.15, 0.2) is 60.2 Å². The summed E-state index contributed by atoms with van der Waals surface area (Å²) in [6.45, 7) is 4.33. The Morgan fingerprint density at radius 1 is 1.12 bits per heavy atom. The molecular weight excluding hydrogens is 650 g/mol. The van der Waals surface area contributed by atoms with E-state index in [1.165, 1.54) is 0 Å². The van der Waals surface area contributed by atoms with Gasteiger partial charge >= 0.3 is 0 Å². The third-order valence-electron chi connectivity index (χ3n) is 4.85. The van der Waals surface area contributed by atoms with Crippen LogP contribution in [0.25, 0.3) is 6.08 Å². The first kappa shape index (κ1) is 24.6. The molecule has 3 rings (SSSR count). The molecule has 4 nitrogen and oxygen atoms in total. The number of nitrogens with one attached hydrogen (secondary N) is 1. The van der Waals surface area contributed by atoms with E-state index < -0.39 is 5.91 Å². The minimum absolute atomic E-state index is 0.0346. The van der Waals surface area contributed by atoms with Crippen LogP contribution in [0.3, 0.4) is 0 Å². The summed E-state index contributed by atoms with van der Waals surface area (Å²) in [6, 6.07) is 19.0. The number of ether oxygens (including phenoxy) is 1. The van der Waals surface area contributed by atoms with Crippen molar-refractivity contribution in [1.82, 2.24) is 0 Å². The van der Waals surface area contributed by atoms with Gasteiger partial charge in [0.15, 0.2) is 0 Å². The number of carbonyl (C=O) groups is 1. The Hall–Kier alpha value is -2.09. The number of carbonyl (C=O) groups excluding carboxylic acids is 1. The molecule has 0 atom stereocenters. The molecule has 0 unspecified atom stereocenters. The smallest absolute Gasteiger partial charge is 0.266 e. The average molecular weight is 669 g/mol. The highest BCUT2D eigenvalue weighted by Gasteiger charge is 2.14. The summed E-state index contributed by atoms with van der Waals surface area (Å²) in [5.41, 5.74) is 4.55. The van der Waals surface area contributed by atoms with Gasteiger partial charge in [-0.25, -0.2) is 0 Å². The number of nitrogens with zero attached hydrogens (tertiary/aromatic N) is 1. The van der Waals surface area contributed by atoms with Gasteiger partial charge in [0, 0.05) is 10.7 Å². The van der Waals surface area contributed by atoms with Gasteiger partial charge in [-0.3, -0.25) is 4.79 Å². The van der Waals surface area contributed by atoms with Gasteiger partial charge in [0.05, 0.1) is 7.14 Å². The first-order valence-electron chi connectivity index (χ1n) is 9.64. The number of benzene rings is 3. The monoisotopic (exact) mass is 668 g/mol. The summed E-state index contributed by atoms with van der Waals surface area (Å²) in [7, 11) is 0. The fraction of sp³-hybridized carbons (Fsp3) is 0.120. The molecule has 0 aliphatic heterocycles. The topological polar surface area (TPSA) is 62.1 Å². The molecule has 32 heavy (non-hydrogen) atoms. The third kappa shape index (κ3) is 6.24. The van der Waals surface area contributed by atoms with Crippen molar-refractivity contribution in [1.29, 1.82) is 5.26 Å². The molecule has 1 amide bonds. The van der Waals surface area contributed by atoms with Gasteiger partial charge in [-0.1, -0.05) is 35.9 Å². The minimum Gasteiger partial charge on any atom is -0.487 e. The molecule has 0 aromatic heterocycles. The summed E-state index contributed by atoms with van der Waals surface area (Å²) >= 11 is 10.3. The fourth-order valence-corrected chi connectivity index (χ4v) is 5.18. The van der Waals surface area contributed by atoms with Crippen molar-refractivity contribution in [2.24, 2.45) is 0 Å². The van der Waals surface area contributed by atoms with E-state index in [4.69, 9.17) is 16.3 Å². The van der Waals surface area contributed by atoms with Crippen LogP contribution < -0.4 is 10.1 Å². The highest BCUT2D eigenvalue weighted by molar-refractivity contribution is 14.1. The molecule has 7 heteroatoms. The molecule has 0 saturated heterocycles. The van der Waals surface area contributed by atoms with E-state index >= 15 is 0 Å². The van der Waals surface area contributed by atoms with Crippen LogP contribution in [0.4, 0.5) is 5.69 Å². The average Bonchev–Trinajstić information content (AvgIpc) is 2.76. The van der Waals surface area contributed by atoms with E-state index in [-0.39, 0.29) is 5.57 Å². The molecule has 0 aliphatic carbocycles. The minimum atomic E-state index is -0.436. The standard InChI is InChI=1S/C25H19ClI2N2O2/c1-15-4-3-5-23(16(15)2)30-25(31)19(13-29)10-18-11-21(27)24(22(28)12-18)32-14-17-6-8-20(26)9-7-17/h3-12H,14H2,1-2H3,(H,30,31)/b19-10+. The fourth-order valence-electron chi connectivity index (χ4n) is 2.93. The van der Waals surface area contributed by atoms with Gasteiger partial charge < -0.3 is 10.1 Å². The second-order valence-corrected chi connectivity index (χ2v) is 9.86. The molecule has 3 aromatic carbocycles. The zero-order chi connectivity index (χ0) is 23.3. The predicted octanol–water partition coefficient (Wildman–Crippen LogP) is 7.29. The van der Waals surface area contributed by atoms with Crippen LogP contribution >= 0.6 is 56.8 Å². The summed E-state index contributed by atoms with van der Waals surface area (Å²) in [6.07, 6.45) is 1.59. The third-order valence-corrected chi connectivity index (χ3v) is 6.70. The van der Waals surface area contributed by atoms with Gasteiger partial charge in [-0.05, 0) is 118 Å². The van der Waals surface area contributed by atoms with E-state index in [9.17, 15) is 10.1 Å². The molecular formula is C25H19ClI2N2O2. The Balaban J connectivity index is 1.78. The summed E-state index contributed by atoms with van der Waals surface area (Å²) in [4.78, 5) is 12.7. The van der Waals surface area contributed by atoms with Crippen LogP contribution in [-0.4, -0.2) is 5.91 Å². The lowest BCUT2D eigenvalue weighted by Crippen LogP contribution is -2.14. The van der Waals surface area contributed by atoms with Crippen molar-refractivity contribution in [3.05, 3.63) is 94.6 Å². The molecule has 0 saturated carbocycles. The maximum Gasteiger partial charge on any atom is 0.266 e. The van der Waals surface area contributed by atoms with Crippen LogP contribution in [0.2, 0.25) is 5.02 Å². The Labute approximate surface area is 219 Å². The number of amides is 1. The second-order valence-electron chi connectivity index (χ2n) is 7.10. The molecule has 0 radical (unpaired) electrons. The maximum absolute atomic E-state index is 12.7. The van der Waals surface area contributed by atoms with Crippen LogP contribution in [0, 0.1) is 32.3 Å². The lowest BCUT2D eigenvalue weighted by atomic mass is 10.1. The Morgan fingerprint density at radius 3 is 2.41 bits per heavy atom. The van der Waals surface area contributed by atoms with Gasteiger partial charge in [-0.15, -0.1) is 0 Å². The first-order chi connectivity index (χ1) is 15.3. The van der Waals surface area contributed by atoms with Crippen molar-refractivity contribution in [2.75, 3.05) is 5.32 Å². The normalized spacial score (nSPS) is 11.1. The van der Waals surface area contributed by atoms with Crippen LogP contribution in [0.5, 0.6) is 5.75 Å². The number of halogens is 3. The molecule has 0 spiro atoms. The maximum atomic E-state index is 12.7. The van der Waals surface area contributed by atoms with E-state index in [0.717, 1.165) is 35.1 Å². The summed E-state index contributed by atoms with van der Waals surface area (Å²) in [5, 5.41) is 13.1. The zero-order valence-corrected chi connectivity index (χ0v) is 22.4. The van der Waals surface area contributed by atoms with E-state index in [2.05, 4.69) is 50.5 Å². The number of hydrogen-bond acceptors (Lipinski definition) is 3. The Bertz CT molecular complexity index is 1210. The zero-order valence-electron chi connectivity index (χ0n) is 17.4. The number of hydrogen-bond donors (Lipinski definition) is 1. The van der Waals surface area contributed by atoms with Crippen LogP contribution in [-0.2, 0) is 11.4 Å². The van der Waals surface area contributed by atoms with Gasteiger partial charge in [0.1, 0.15) is 24.0 Å². The largest absolute Gasteiger partial charge is 0.487 e. The van der Waals surface area contributed by atoms with E-state index in [1.54, 1.807) is 6.08 Å². The van der Waals surface area contributed by atoms with Gasteiger partial charge in [0.25, 0.3) is 5.91 Å². The molecule has 3 aromatic rings. The highest BCUT2D eigenvalue weighted by atomic mass is 127. The van der Waals surface area contributed by atoms with Crippen molar-refractivity contribution < 1.29 is 9.53 Å². The molecule has 1 N–H and O–H groups in total. The van der Waals surface area contributed by atoms with Crippen molar-refractivity contribution in [3.63, 3.8) is 0 Å². The lowest BCUT2D eigenvalue weighted by Gasteiger charge is -2.12.